The molecule has 2 aliphatic rings. The number of aryl methyl sites for hydroxylation is 1. The zero-order valence-electron chi connectivity index (χ0n) is 17.7. The third kappa shape index (κ3) is 4.17. The molecule has 4 rings (SSSR count). The molecule has 2 aliphatic heterocycles. The fraction of sp³-hybridized carbons (Fsp3) is 0.565. The summed E-state index contributed by atoms with van der Waals surface area (Å²) in [4.78, 5) is 17.3. The summed E-state index contributed by atoms with van der Waals surface area (Å²) in [6.45, 7) is 9.89. The van der Waals surface area contributed by atoms with Crippen LogP contribution in [0.1, 0.15) is 44.1 Å². The number of piperidine rings is 1. The Morgan fingerprint density at radius 3 is 2.52 bits per heavy atom. The number of carbonyl (C=O) groups is 1. The number of benzene rings is 1. The fourth-order valence-corrected chi connectivity index (χ4v) is 4.68. The maximum absolute atomic E-state index is 12.8. The second-order valence-corrected chi connectivity index (χ2v) is 8.44. The van der Waals surface area contributed by atoms with Gasteiger partial charge in [0.1, 0.15) is 17.5 Å². The second kappa shape index (κ2) is 8.57. The standard InChI is InChI=1S/C23H32N4O2/c1-4-26-15-12-20(24-26)23(28)25-13-10-18(11-14-25)22-21(16-27(22)17(2)3)29-19-8-6-5-7-9-19/h5-9,12,15,17-18,21-22H,4,10-11,13-14,16H2,1-3H3/t21-,22-/m0/s1. The van der Waals surface area contributed by atoms with Gasteiger partial charge in [-0.2, -0.15) is 5.10 Å². The van der Waals surface area contributed by atoms with Crippen molar-refractivity contribution in [1.82, 2.24) is 19.6 Å². The molecule has 0 unspecified atom stereocenters. The molecule has 1 aromatic carbocycles. The minimum Gasteiger partial charge on any atom is -0.487 e. The van der Waals surface area contributed by atoms with Gasteiger partial charge in [0.05, 0.1) is 6.04 Å². The Labute approximate surface area is 173 Å². The third-order valence-electron chi connectivity index (χ3n) is 6.34. The Morgan fingerprint density at radius 1 is 1.17 bits per heavy atom. The van der Waals surface area contributed by atoms with Crippen molar-refractivity contribution in [2.45, 2.75) is 58.3 Å². The van der Waals surface area contributed by atoms with Gasteiger partial charge in [-0.05, 0) is 57.7 Å². The first-order chi connectivity index (χ1) is 14.1. The summed E-state index contributed by atoms with van der Waals surface area (Å²) in [7, 11) is 0. The fourth-order valence-electron chi connectivity index (χ4n) is 4.68. The van der Waals surface area contributed by atoms with Gasteiger partial charge in [-0.1, -0.05) is 18.2 Å². The average molecular weight is 397 g/mol. The van der Waals surface area contributed by atoms with Crippen molar-refractivity contribution in [1.29, 1.82) is 0 Å². The molecule has 0 aliphatic carbocycles. The molecule has 6 heteroatoms. The molecule has 3 heterocycles. The van der Waals surface area contributed by atoms with Crippen LogP contribution in [0.25, 0.3) is 0 Å². The van der Waals surface area contributed by atoms with E-state index < -0.39 is 0 Å². The summed E-state index contributed by atoms with van der Waals surface area (Å²) in [5.74, 6) is 1.56. The molecule has 0 bridgehead atoms. The van der Waals surface area contributed by atoms with Crippen molar-refractivity contribution < 1.29 is 9.53 Å². The van der Waals surface area contributed by atoms with E-state index in [4.69, 9.17) is 4.74 Å². The van der Waals surface area contributed by atoms with Crippen molar-refractivity contribution in [3.8, 4) is 5.75 Å². The Kier molecular flexibility index (Phi) is 5.90. The molecule has 0 saturated carbocycles. The SMILES string of the molecule is CCn1ccc(C(=O)N2CCC([C@H]3[C@@H](Oc4ccccc4)CN3C(C)C)CC2)n1. The maximum Gasteiger partial charge on any atom is 0.274 e. The second-order valence-electron chi connectivity index (χ2n) is 8.44. The highest BCUT2D eigenvalue weighted by atomic mass is 16.5. The summed E-state index contributed by atoms with van der Waals surface area (Å²) < 4.78 is 8.13. The molecule has 2 saturated heterocycles. The zero-order chi connectivity index (χ0) is 20.4. The number of rotatable bonds is 6. The number of ether oxygens (including phenoxy) is 1. The van der Waals surface area contributed by atoms with E-state index in [1.165, 1.54) is 0 Å². The number of amides is 1. The molecule has 2 fully saturated rings. The van der Waals surface area contributed by atoms with E-state index >= 15 is 0 Å². The average Bonchev–Trinajstić information content (AvgIpc) is 3.20. The molecule has 1 aromatic heterocycles. The molecule has 1 amide bonds. The third-order valence-corrected chi connectivity index (χ3v) is 6.34. The zero-order valence-corrected chi connectivity index (χ0v) is 17.7. The monoisotopic (exact) mass is 396 g/mol. The van der Waals surface area contributed by atoms with Gasteiger partial charge >= 0.3 is 0 Å². The number of para-hydroxylation sites is 1. The Balaban J connectivity index is 1.38. The lowest BCUT2D eigenvalue weighted by Crippen LogP contribution is -2.68. The van der Waals surface area contributed by atoms with Crippen LogP contribution >= 0.6 is 0 Å². The van der Waals surface area contributed by atoms with Crippen LogP contribution in [0.5, 0.6) is 5.75 Å². The highest BCUT2D eigenvalue weighted by Crippen LogP contribution is 2.36. The van der Waals surface area contributed by atoms with E-state index in [1.54, 1.807) is 4.68 Å². The van der Waals surface area contributed by atoms with Crippen LogP contribution in [0, 0.1) is 5.92 Å². The van der Waals surface area contributed by atoms with Gasteiger partial charge in [0.15, 0.2) is 0 Å². The van der Waals surface area contributed by atoms with Crippen LogP contribution in [0.3, 0.4) is 0 Å². The molecule has 2 aromatic rings. The lowest BCUT2D eigenvalue weighted by molar-refractivity contribution is -0.0983. The Bertz CT molecular complexity index is 811. The van der Waals surface area contributed by atoms with E-state index in [0.717, 1.165) is 44.8 Å². The van der Waals surface area contributed by atoms with Crippen LogP contribution in [-0.4, -0.2) is 63.3 Å². The summed E-state index contributed by atoms with van der Waals surface area (Å²) >= 11 is 0. The van der Waals surface area contributed by atoms with Gasteiger partial charge in [-0.15, -0.1) is 0 Å². The first kappa shape index (κ1) is 20.0. The van der Waals surface area contributed by atoms with Gasteiger partial charge in [-0.3, -0.25) is 14.4 Å². The first-order valence-electron chi connectivity index (χ1n) is 10.9. The normalized spacial score (nSPS) is 23.2. The molecule has 29 heavy (non-hydrogen) atoms. The molecular weight excluding hydrogens is 364 g/mol. The van der Waals surface area contributed by atoms with Crippen molar-refractivity contribution in [3.05, 3.63) is 48.3 Å². The van der Waals surface area contributed by atoms with Crippen LogP contribution in [0.4, 0.5) is 0 Å². The lowest BCUT2D eigenvalue weighted by Gasteiger charge is -2.54. The van der Waals surface area contributed by atoms with E-state index in [9.17, 15) is 4.79 Å². The Morgan fingerprint density at radius 2 is 1.90 bits per heavy atom. The van der Waals surface area contributed by atoms with E-state index in [-0.39, 0.29) is 12.0 Å². The molecule has 0 radical (unpaired) electrons. The minimum atomic E-state index is 0.0575. The van der Waals surface area contributed by atoms with Gasteiger partial charge in [0.25, 0.3) is 5.91 Å². The van der Waals surface area contributed by atoms with Crippen LogP contribution < -0.4 is 4.74 Å². The lowest BCUT2D eigenvalue weighted by atomic mass is 9.79. The predicted molar refractivity (Wildman–Crippen MR) is 113 cm³/mol. The van der Waals surface area contributed by atoms with E-state index in [0.29, 0.717) is 23.7 Å². The summed E-state index contributed by atoms with van der Waals surface area (Å²) in [5, 5.41) is 4.38. The summed E-state index contributed by atoms with van der Waals surface area (Å²) in [5.41, 5.74) is 0.558. The number of carbonyl (C=O) groups excluding carboxylic acids is 1. The number of hydrogen-bond acceptors (Lipinski definition) is 4. The van der Waals surface area contributed by atoms with Crippen molar-refractivity contribution in [3.63, 3.8) is 0 Å². The van der Waals surface area contributed by atoms with Gasteiger partial charge in [0.2, 0.25) is 0 Å². The largest absolute Gasteiger partial charge is 0.487 e. The van der Waals surface area contributed by atoms with Gasteiger partial charge < -0.3 is 9.64 Å². The van der Waals surface area contributed by atoms with Crippen LogP contribution in [0.15, 0.2) is 42.6 Å². The number of likely N-dealkylation sites (tertiary alicyclic amines) is 2. The van der Waals surface area contributed by atoms with E-state index in [2.05, 4.69) is 23.8 Å². The molecular formula is C23H32N4O2. The molecule has 0 N–H and O–H groups in total. The van der Waals surface area contributed by atoms with Crippen molar-refractivity contribution >= 4 is 5.91 Å². The van der Waals surface area contributed by atoms with Crippen molar-refractivity contribution in [2.75, 3.05) is 19.6 Å². The maximum atomic E-state index is 12.8. The number of aromatic nitrogens is 2. The molecule has 0 spiro atoms. The minimum absolute atomic E-state index is 0.0575. The molecule has 6 nitrogen and oxygen atoms in total. The number of nitrogens with zero attached hydrogens (tertiary/aromatic N) is 4. The highest BCUT2D eigenvalue weighted by Gasteiger charge is 2.47. The topological polar surface area (TPSA) is 50.6 Å². The van der Waals surface area contributed by atoms with Crippen LogP contribution in [-0.2, 0) is 6.54 Å². The summed E-state index contributed by atoms with van der Waals surface area (Å²) in [6, 6.07) is 12.9. The first-order valence-corrected chi connectivity index (χ1v) is 10.9. The van der Waals surface area contributed by atoms with Crippen LogP contribution in [0.2, 0.25) is 0 Å². The van der Waals surface area contributed by atoms with Crippen molar-refractivity contribution in [2.24, 2.45) is 5.92 Å². The predicted octanol–water partition coefficient (Wildman–Crippen LogP) is 3.30. The van der Waals surface area contributed by atoms with Gasteiger partial charge in [0, 0.05) is 38.4 Å². The number of hydrogen-bond donors (Lipinski definition) is 0. The quantitative estimate of drug-likeness (QED) is 0.752. The molecule has 156 valence electrons. The highest BCUT2D eigenvalue weighted by molar-refractivity contribution is 5.92. The Hall–Kier alpha value is -2.34. The molecule has 2 atom stereocenters. The smallest absolute Gasteiger partial charge is 0.274 e. The van der Waals surface area contributed by atoms with E-state index in [1.807, 2.05) is 54.4 Å². The summed E-state index contributed by atoms with van der Waals surface area (Å²) in [6.07, 6.45) is 4.14. The van der Waals surface area contributed by atoms with Gasteiger partial charge in [-0.25, -0.2) is 0 Å².